The molecule has 35 heavy (non-hydrogen) atoms. The standard InChI is InChI=1S/C23H22F2N6O3S/c1-12-3-4-13(2)18(7-12)31-19(9-15-10-20(32)28-22(34)26-15)29-30-23(31)35-11-21(33)27-17-6-5-14(24)8-16(17)25/h3-8,15H,9-11H2,1-2H3,(H,27,33)(H2,26,28,32,34). The summed E-state index contributed by atoms with van der Waals surface area (Å²) in [5.74, 6) is -2.10. The molecule has 1 aliphatic rings. The van der Waals surface area contributed by atoms with Crippen molar-refractivity contribution < 1.29 is 23.2 Å². The van der Waals surface area contributed by atoms with Crippen molar-refractivity contribution in [2.45, 2.75) is 37.9 Å². The minimum Gasteiger partial charge on any atom is -0.334 e. The van der Waals surface area contributed by atoms with Crippen LogP contribution in [0.5, 0.6) is 0 Å². The van der Waals surface area contributed by atoms with E-state index < -0.39 is 29.6 Å². The number of rotatable bonds is 7. The average Bonchev–Trinajstić information content (AvgIpc) is 3.17. The molecule has 9 nitrogen and oxygen atoms in total. The van der Waals surface area contributed by atoms with Crippen LogP contribution in [0.2, 0.25) is 0 Å². The lowest BCUT2D eigenvalue weighted by Gasteiger charge is -2.23. The van der Waals surface area contributed by atoms with Gasteiger partial charge in [0.15, 0.2) is 5.16 Å². The number of urea groups is 1. The number of anilines is 1. The van der Waals surface area contributed by atoms with Crippen LogP contribution in [0.25, 0.3) is 5.69 Å². The van der Waals surface area contributed by atoms with Gasteiger partial charge in [-0.2, -0.15) is 0 Å². The van der Waals surface area contributed by atoms with E-state index in [-0.39, 0.29) is 30.2 Å². The Morgan fingerprint density at radius 2 is 1.97 bits per heavy atom. The zero-order valence-electron chi connectivity index (χ0n) is 18.9. The summed E-state index contributed by atoms with van der Waals surface area (Å²) in [6, 6.07) is 7.73. The summed E-state index contributed by atoms with van der Waals surface area (Å²) in [5.41, 5.74) is 2.60. The van der Waals surface area contributed by atoms with Gasteiger partial charge in [0.1, 0.15) is 17.5 Å². The van der Waals surface area contributed by atoms with E-state index in [1.807, 2.05) is 32.0 Å². The van der Waals surface area contributed by atoms with Crippen LogP contribution >= 0.6 is 11.8 Å². The van der Waals surface area contributed by atoms with Crippen LogP contribution in [0.15, 0.2) is 41.6 Å². The van der Waals surface area contributed by atoms with Gasteiger partial charge in [-0.25, -0.2) is 13.6 Å². The van der Waals surface area contributed by atoms with Crippen molar-refractivity contribution in [1.29, 1.82) is 0 Å². The maximum atomic E-state index is 13.9. The lowest BCUT2D eigenvalue weighted by atomic mass is 10.1. The molecule has 0 spiro atoms. The van der Waals surface area contributed by atoms with Crippen molar-refractivity contribution >= 4 is 35.3 Å². The molecule has 1 unspecified atom stereocenters. The molecule has 3 aromatic rings. The third-order valence-electron chi connectivity index (χ3n) is 5.29. The number of benzene rings is 2. The molecule has 182 valence electrons. The number of nitrogens with one attached hydrogen (secondary N) is 3. The molecule has 2 heterocycles. The van der Waals surface area contributed by atoms with Gasteiger partial charge in [-0.05, 0) is 43.2 Å². The van der Waals surface area contributed by atoms with E-state index in [9.17, 15) is 23.2 Å². The number of aryl methyl sites for hydroxylation is 2. The predicted octanol–water partition coefficient (Wildman–Crippen LogP) is 3.03. The monoisotopic (exact) mass is 500 g/mol. The summed E-state index contributed by atoms with van der Waals surface area (Å²) in [4.78, 5) is 36.0. The summed E-state index contributed by atoms with van der Waals surface area (Å²) in [6.07, 6.45) is 0.340. The molecule has 4 rings (SSSR count). The van der Waals surface area contributed by atoms with Crippen molar-refractivity contribution in [2.24, 2.45) is 0 Å². The van der Waals surface area contributed by atoms with E-state index in [1.165, 1.54) is 0 Å². The number of nitrogens with zero attached hydrogens (tertiary/aromatic N) is 3. The fraction of sp³-hybridized carbons (Fsp3) is 0.261. The van der Waals surface area contributed by atoms with E-state index >= 15 is 0 Å². The maximum absolute atomic E-state index is 13.9. The van der Waals surface area contributed by atoms with Gasteiger partial charge < -0.3 is 10.6 Å². The highest BCUT2D eigenvalue weighted by molar-refractivity contribution is 7.99. The lowest BCUT2D eigenvalue weighted by molar-refractivity contribution is -0.121. The van der Waals surface area contributed by atoms with E-state index in [4.69, 9.17) is 0 Å². The highest BCUT2D eigenvalue weighted by Crippen LogP contribution is 2.26. The third-order valence-corrected chi connectivity index (χ3v) is 6.22. The summed E-state index contributed by atoms with van der Waals surface area (Å²) in [7, 11) is 0. The van der Waals surface area contributed by atoms with Crippen LogP contribution in [0, 0.1) is 25.5 Å². The topological polar surface area (TPSA) is 118 Å². The molecule has 12 heteroatoms. The molecule has 1 aromatic heterocycles. The van der Waals surface area contributed by atoms with Crippen LogP contribution in [-0.4, -0.2) is 44.4 Å². The minimum absolute atomic E-state index is 0.0967. The Balaban J connectivity index is 1.57. The molecule has 1 saturated heterocycles. The van der Waals surface area contributed by atoms with Crippen molar-refractivity contribution in [3.05, 3.63) is 65.0 Å². The van der Waals surface area contributed by atoms with Crippen molar-refractivity contribution in [3.63, 3.8) is 0 Å². The quantitative estimate of drug-likeness (QED) is 0.429. The molecule has 0 aliphatic carbocycles. The molecule has 0 saturated carbocycles. The first-order valence-corrected chi connectivity index (χ1v) is 11.7. The number of aromatic nitrogens is 3. The number of amides is 4. The zero-order valence-corrected chi connectivity index (χ0v) is 19.7. The Morgan fingerprint density at radius 3 is 2.71 bits per heavy atom. The number of imide groups is 1. The second kappa shape index (κ2) is 10.2. The highest BCUT2D eigenvalue weighted by Gasteiger charge is 2.27. The molecular formula is C23H22F2N6O3S. The van der Waals surface area contributed by atoms with Gasteiger partial charge in [0, 0.05) is 24.9 Å². The second-order valence-corrected chi connectivity index (χ2v) is 9.05. The van der Waals surface area contributed by atoms with E-state index in [0.717, 1.165) is 40.7 Å². The van der Waals surface area contributed by atoms with E-state index in [2.05, 4.69) is 26.1 Å². The van der Waals surface area contributed by atoms with E-state index in [0.29, 0.717) is 17.0 Å². The molecular weight excluding hydrogens is 478 g/mol. The number of halogens is 2. The first kappa shape index (κ1) is 24.3. The Morgan fingerprint density at radius 1 is 1.17 bits per heavy atom. The van der Waals surface area contributed by atoms with E-state index in [1.54, 1.807) is 4.57 Å². The van der Waals surface area contributed by atoms with Crippen molar-refractivity contribution in [1.82, 2.24) is 25.4 Å². The molecule has 0 bridgehead atoms. The zero-order chi connectivity index (χ0) is 25.1. The molecule has 1 aliphatic heterocycles. The predicted molar refractivity (Wildman–Crippen MR) is 125 cm³/mol. The fourth-order valence-electron chi connectivity index (χ4n) is 3.65. The first-order chi connectivity index (χ1) is 16.7. The normalized spacial score (nSPS) is 15.5. The summed E-state index contributed by atoms with van der Waals surface area (Å²) < 4.78 is 28.8. The molecule has 1 atom stereocenters. The fourth-order valence-corrected chi connectivity index (χ4v) is 4.42. The highest BCUT2D eigenvalue weighted by atomic mass is 32.2. The van der Waals surface area contributed by atoms with Crippen LogP contribution in [0.4, 0.5) is 19.3 Å². The number of hydrogen-bond donors (Lipinski definition) is 3. The minimum atomic E-state index is -0.872. The molecule has 1 fully saturated rings. The van der Waals surface area contributed by atoms with Crippen LogP contribution in [0.3, 0.4) is 0 Å². The van der Waals surface area contributed by atoms with Gasteiger partial charge in [-0.15, -0.1) is 10.2 Å². The SMILES string of the molecule is Cc1ccc(C)c(-n2c(CC3CC(=O)NC(=O)N3)nnc2SCC(=O)Nc2ccc(F)cc2F)c1. The third kappa shape index (κ3) is 5.83. The van der Waals surface area contributed by atoms with Gasteiger partial charge in [-0.3, -0.25) is 19.5 Å². The van der Waals surface area contributed by atoms with Gasteiger partial charge in [0.2, 0.25) is 11.8 Å². The molecule has 4 amide bonds. The summed E-state index contributed by atoms with van der Waals surface area (Å²) in [5, 5.41) is 16.2. The summed E-state index contributed by atoms with van der Waals surface area (Å²) >= 11 is 1.09. The van der Waals surface area contributed by atoms with Crippen LogP contribution in [-0.2, 0) is 16.0 Å². The average molecular weight is 501 g/mol. The van der Waals surface area contributed by atoms with Crippen LogP contribution < -0.4 is 16.0 Å². The molecule has 2 aromatic carbocycles. The maximum Gasteiger partial charge on any atom is 0.321 e. The Bertz CT molecular complexity index is 1300. The Hall–Kier alpha value is -3.80. The second-order valence-electron chi connectivity index (χ2n) is 8.11. The molecule has 3 N–H and O–H groups in total. The smallest absolute Gasteiger partial charge is 0.321 e. The number of carbonyl (C=O) groups is 3. The first-order valence-electron chi connectivity index (χ1n) is 10.7. The Labute approximate surface area is 203 Å². The van der Waals surface area contributed by atoms with Crippen molar-refractivity contribution in [2.75, 3.05) is 11.1 Å². The van der Waals surface area contributed by atoms with Gasteiger partial charge in [0.25, 0.3) is 0 Å². The van der Waals surface area contributed by atoms with Crippen molar-refractivity contribution in [3.8, 4) is 5.69 Å². The lowest BCUT2D eigenvalue weighted by Crippen LogP contribution is -2.53. The number of thioether (sulfide) groups is 1. The number of carbonyl (C=O) groups excluding carboxylic acids is 3. The van der Waals surface area contributed by atoms with Crippen LogP contribution in [0.1, 0.15) is 23.4 Å². The van der Waals surface area contributed by atoms with Gasteiger partial charge >= 0.3 is 6.03 Å². The largest absolute Gasteiger partial charge is 0.334 e. The van der Waals surface area contributed by atoms with Gasteiger partial charge in [-0.1, -0.05) is 23.9 Å². The van der Waals surface area contributed by atoms with Gasteiger partial charge in [0.05, 0.1) is 17.1 Å². The molecule has 0 radical (unpaired) electrons. The summed E-state index contributed by atoms with van der Waals surface area (Å²) in [6.45, 7) is 3.86. The Kier molecular flexibility index (Phi) is 7.10. The number of hydrogen-bond acceptors (Lipinski definition) is 6.